The third-order valence-electron chi connectivity index (χ3n) is 2.63. The van der Waals surface area contributed by atoms with Crippen LogP contribution in [-0.4, -0.2) is 11.1 Å². The Labute approximate surface area is 90.9 Å². The van der Waals surface area contributed by atoms with Gasteiger partial charge in [-0.05, 0) is 23.0 Å². The molecule has 0 heterocycles. The summed E-state index contributed by atoms with van der Waals surface area (Å²) in [6.45, 7) is 6.23. The predicted octanol–water partition coefficient (Wildman–Crippen LogP) is 3.39. The highest BCUT2D eigenvalue weighted by Crippen LogP contribution is 2.23. The zero-order valence-electron chi connectivity index (χ0n) is 9.53. The summed E-state index contributed by atoms with van der Waals surface area (Å²) in [5, 5.41) is 8.72. The van der Waals surface area contributed by atoms with Crippen LogP contribution in [0.15, 0.2) is 24.3 Å². The maximum atomic E-state index is 10.6. The van der Waals surface area contributed by atoms with Gasteiger partial charge in [-0.1, -0.05) is 45.0 Å². The van der Waals surface area contributed by atoms with Gasteiger partial charge in [-0.3, -0.25) is 4.79 Å². The summed E-state index contributed by atoms with van der Waals surface area (Å²) in [5.41, 5.74) is 2.38. The van der Waals surface area contributed by atoms with Crippen molar-refractivity contribution in [2.24, 2.45) is 0 Å². The first kappa shape index (κ1) is 11.8. The highest BCUT2D eigenvalue weighted by molar-refractivity contribution is 5.67. The minimum Gasteiger partial charge on any atom is -0.481 e. The van der Waals surface area contributed by atoms with Crippen molar-refractivity contribution >= 4 is 5.97 Å². The van der Waals surface area contributed by atoms with Crippen molar-refractivity contribution in [3.8, 4) is 0 Å². The highest BCUT2D eigenvalue weighted by atomic mass is 16.4. The van der Waals surface area contributed by atoms with Gasteiger partial charge in [0.05, 0.1) is 6.42 Å². The van der Waals surface area contributed by atoms with E-state index in [-0.39, 0.29) is 12.3 Å². The van der Waals surface area contributed by atoms with Crippen molar-refractivity contribution in [1.82, 2.24) is 0 Å². The number of benzene rings is 1. The number of carbonyl (C=O) groups is 1. The Morgan fingerprint density at radius 2 is 1.87 bits per heavy atom. The standard InChI is InChI=1S/C13H18O2/c1-9(2)11-5-4-6-12(8-11)10(3)7-13(14)15/h4-6,8-10H,7H2,1-3H3,(H,14,15). The van der Waals surface area contributed by atoms with Crippen LogP contribution in [0.1, 0.15) is 50.2 Å². The third-order valence-corrected chi connectivity index (χ3v) is 2.63. The molecule has 2 heteroatoms. The number of rotatable bonds is 4. The molecule has 0 amide bonds. The first-order chi connectivity index (χ1) is 7.00. The number of hydrogen-bond donors (Lipinski definition) is 1. The molecule has 0 aromatic heterocycles. The molecule has 15 heavy (non-hydrogen) atoms. The number of hydrogen-bond acceptors (Lipinski definition) is 1. The average Bonchev–Trinajstić information content (AvgIpc) is 2.17. The lowest BCUT2D eigenvalue weighted by Crippen LogP contribution is -2.03. The van der Waals surface area contributed by atoms with Gasteiger partial charge in [-0.15, -0.1) is 0 Å². The van der Waals surface area contributed by atoms with Crippen molar-refractivity contribution in [2.45, 2.75) is 39.0 Å². The van der Waals surface area contributed by atoms with Crippen LogP contribution in [0.4, 0.5) is 0 Å². The van der Waals surface area contributed by atoms with E-state index in [0.717, 1.165) is 5.56 Å². The molecule has 2 nitrogen and oxygen atoms in total. The van der Waals surface area contributed by atoms with Crippen molar-refractivity contribution in [3.63, 3.8) is 0 Å². The van der Waals surface area contributed by atoms with E-state index < -0.39 is 5.97 Å². The van der Waals surface area contributed by atoms with Crippen molar-refractivity contribution in [1.29, 1.82) is 0 Å². The quantitative estimate of drug-likeness (QED) is 0.819. The normalized spacial score (nSPS) is 12.8. The molecule has 1 unspecified atom stereocenters. The zero-order chi connectivity index (χ0) is 11.4. The summed E-state index contributed by atoms with van der Waals surface area (Å²) in [6, 6.07) is 8.20. The molecule has 1 N–H and O–H groups in total. The number of carboxylic acids is 1. The van der Waals surface area contributed by atoms with Gasteiger partial charge in [-0.2, -0.15) is 0 Å². The zero-order valence-corrected chi connectivity index (χ0v) is 9.53. The minimum absolute atomic E-state index is 0.0844. The molecule has 0 bridgehead atoms. The highest BCUT2D eigenvalue weighted by Gasteiger charge is 2.10. The van der Waals surface area contributed by atoms with Gasteiger partial charge < -0.3 is 5.11 Å². The molecule has 0 fully saturated rings. The van der Waals surface area contributed by atoms with Crippen molar-refractivity contribution in [3.05, 3.63) is 35.4 Å². The Kier molecular flexibility index (Phi) is 3.89. The average molecular weight is 206 g/mol. The van der Waals surface area contributed by atoms with Gasteiger partial charge in [0, 0.05) is 0 Å². The van der Waals surface area contributed by atoms with Crippen LogP contribution < -0.4 is 0 Å². The molecular formula is C13H18O2. The van der Waals surface area contributed by atoms with E-state index in [1.54, 1.807) is 0 Å². The molecule has 82 valence electrons. The predicted molar refractivity (Wildman–Crippen MR) is 61.2 cm³/mol. The first-order valence-corrected chi connectivity index (χ1v) is 5.32. The molecule has 0 radical (unpaired) electrons. The summed E-state index contributed by atoms with van der Waals surface area (Å²) in [4.78, 5) is 10.6. The van der Waals surface area contributed by atoms with Crippen molar-refractivity contribution in [2.75, 3.05) is 0 Å². The fraction of sp³-hybridized carbons (Fsp3) is 0.462. The van der Waals surface area contributed by atoms with E-state index in [2.05, 4.69) is 26.0 Å². The van der Waals surface area contributed by atoms with E-state index in [4.69, 9.17) is 5.11 Å². The summed E-state index contributed by atoms with van der Waals surface area (Å²) in [5.74, 6) is -0.166. The third kappa shape index (κ3) is 3.39. The second-order valence-corrected chi connectivity index (χ2v) is 4.32. The van der Waals surface area contributed by atoms with E-state index in [1.165, 1.54) is 5.56 Å². The number of aliphatic carboxylic acids is 1. The topological polar surface area (TPSA) is 37.3 Å². The van der Waals surface area contributed by atoms with E-state index in [9.17, 15) is 4.79 Å². The number of carboxylic acid groups (broad SMARTS) is 1. The molecule has 0 aliphatic carbocycles. The van der Waals surface area contributed by atoms with Gasteiger partial charge in [0.2, 0.25) is 0 Å². The second kappa shape index (κ2) is 4.96. The Hall–Kier alpha value is -1.31. The molecule has 1 aromatic carbocycles. The fourth-order valence-electron chi connectivity index (χ4n) is 1.60. The molecule has 1 rings (SSSR count). The molecule has 1 atom stereocenters. The SMILES string of the molecule is CC(C)c1cccc(C(C)CC(=O)O)c1. The molecule has 0 aliphatic rings. The Bertz CT molecular complexity index is 342. The maximum absolute atomic E-state index is 10.6. The van der Waals surface area contributed by atoms with E-state index >= 15 is 0 Å². The van der Waals surface area contributed by atoms with Crippen LogP contribution in [-0.2, 0) is 4.79 Å². The van der Waals surface area contributed by atoms with Crippen molar-refractivity contribution < 1.29 is 9.90 Å². The van der Waals surface area contributed by atoms with Crippen LogP contribution in [0, 0.1) is 0 Å². The van der Waals surface area contributed by atoms with E-state index in [0.29, 0.717) is 5.92 Å². The molecule has 0 aliphatic heterocycles. The molecule has 1 aromatic rings. The summed E-state index contributed by atoms with van der Waals surface area (Å²) in [7, 11) is 0. The first-order valence-electron chi connectivity index (χ1n) is 5.32. The van der Waals surface area contributed by atoms with Crippen LogP contribution >= 0.6 is 0 Å². The summed E-state index contributed by atoms with van der Waals surface area (Å²) < 4.78 is 0. The largest absolute Gasteiger partial charge is 0.481 e. The minimum atomic E-state index is -0.738. The second-order valence-electron chi connectivity index (χ2n) is 4.32. The molecular weight excluding hydrogens is 188 g/mol. The Morgan fingerprint density at radius 1 is 1.27 bits per heavy atom. The smallest absolute Gasteiger partial charge is 0.303 e. The van der Waals surface area contributed by atoms with Crippen LogP contribution in [0.5, 0.6) is 0 Å². The van der Waals surface area contributed by atoms with Crippen LogP contribution in [0.25, 0.3) is 0 Å². The lowest BCUT2D eigenvalue weighted by molar-refractivity contribution is -0.137. The lowest BCUT2D eigenvalue weighted by atomic mass is 9.93. The summed E-state index contributed by atoms with van der Waals surface area (Å²) >= 11 is 0. The van der Waals surface area contributed by atoms with Gasteiger partial charge >= 0.3 is 5.97 Å². The fourth-order valence-corrected chi connectivity index (χ4v) is 1.60. The van der Waals surface area contributed by atoms with E-state index in [1.807, 2.05) is 19.1 Å². The monoisotopic (exact) mass is 206 g/mol. The van der Waals surface area contributed by atoms with Gasteiger partial charge in [0.15, 0.2) is 0 Å². The molecule has 0 spiro atoms. The maximum Gasteiger partial charge on any atom is 0.303 e. The Morgan fingerprint density at radius 3 is 2.40 bits per heavy atom. The summed E-state index contributed by atoms with van der Waals surface area (Å²) in [6.07, 6.45) is 0.196. The van der Waals surface area contributed by atoms with Crippen LogP contribution in [0.3, 0.4) is 0 Å². The molecule has 0 saturated carbocycles. The van der Waals surface area contributed by atoms with Gasteiger partial charge in [0.25, 0.3) is 0 Å². The lowest BCUT2D eigenvalue weighted by Gasteiger charge is -2.12. The van der Waals surface area contributed by atoms with Crippen LogP contribution in [0.2, 0.25) is 0 Å². The molecule has 0 saturated heterocycles. The van der Waals surface area contributed by atoms with Gasteiger partial charge in [-0.25, -0.2) is 0 Å². The Balaban J connectivity index is 2.85. The van der Waals surface area contributed by atoms with Gasteiger partial charge in [0.1, 0.15) is 0 Å².